The van der Waals surface area contributed by atoms with Gasteiger partial charge in [0, 0.05) is 10.8 Å². The third kappa shape index (κ3) is 9.24. The summed E-state index contributed by atoms with van der Waals surface area (Å²) in [7, 11) is 0. The first kappa shape index (κ1) is 36.7. The molecular weight excluding hydrogens is 492 g/mol. The van der Waals surface area contributed by atoms with Crippen LogP contribution >= 0.6 is 0 Å². The predicted octanol–water partition coefficient (Wildman–Crippen LogP) is 14.7. The fourth-order valence-electron chi connectivity index (χ4n) is 9.66. The summed E-state index contributed by atoms with van der Waals surface area (Å²) < 4.78 is 0. The van der Waals surface area contributed by atoms with Crippen LogP contribution in [-0.4, -0.2) is 0 Å². The van der Waals surface area contributed by atoms with Gasteiger partial charge in [0.25, 0.3) is 0 Å². The quantitative estimate of drug-likeness (QED) is 0.114. The summed E-state index contributed by atoms with van der Waals surface area (Å²) in [5, 5.41) is 0. The van der Waals surface area contributed by atoms with E-state index in [1.54, 1.807) is 0 Å². The van der Waals surface area contributed by atoms with Crippen molar-refractivity contribution in [2.75, 3.05) is 0 Å². The molecule has 0 amide bonds. The Morgan fingerprint density at radius 2 is 1.15 bits per heavy atom. The van der Waals surface area contributed by atoms with Crippen LogP contribution in [0.25, 0.3) is 0 Å². The second kappa shape index (κ2) is 19.7. The second-order valence-corrected chi connectivity index (χ2v) is 14.9. The highest BCUT2D eigenvalue weighted by atomic mass is 14.6. The van der Waals surface area contributed by atoms with Crippen LogP contribution in [0.4, 0.5) is 0 Å². The van der Waals surface area contributed by atoms with Gasteiger partial charge >= 0.3 is 0 Å². The van der Waals surface area contributed by atoms with Gasteiger partial charge in [0.2, 0.25) is 0 Å². The van der Waals surface area contributed by atoms with E-state index in [0.29, 0.717) is 16.7 Å². The van der Waals surface area contributed by atoms with Crippen LogP contribution in [0.3, 0.4) is 0 Å². The number of hydrogen-bond donors (Lipinski definition) is 0. The summed E-state index contributed by atoms with van der Waals surface area (Å²) in [5.41, 5.74) is 8.40. The Morgan fingerprint density at radius 1 is 0.585 bits per heavy atom. The molecule has 0 saturated heterocycles. The lowest BCUT2D eigenvalue weighted by Gasteiger charge is -2.61. The van der Waals surface area contributed by atoms with Crippen molar-refractivity contribution >= 4 is 0 Å². The van der Waals surface area contributed by atoms with Gasteiger partial charge in [-0.3, -0.25) is 0 Å². The summed E-state index contributed by atoms with van der Waals surface area (Å²) in [5.74, 6) is 1.53. The Morgan fingerprint density at radius 3 is 1.68 bits per heavy atom. The molecule has 2 rings (SSSR count). The molecule has 0 heteroatoms. The fraction of sp³-hybridized carbons (Fsp3) is 0.902. The number of rotatable bonds is 22. The van der Waals surface area contributed by atoms with Crippen molar-refractivity contribution in [1.82, 2.24) is 0 Å². The lowest BCUT2D eigenvalue weighted by atomic mass is 9.43. The molecule has 0 nitrogen and oxygen atoms in total. The topological polar surface area (TPSA) is 0 Å². The van der Waals surface area contributed by atoms with Crippen molar-refractivity contribution in [3.8, 4) is 0 Å². The van der Waals surface area contributed by atoms with E-state index in [1.807, 2.05) is 22.3 Å². The maximum atomic E-state index is 2.87. The van der Waals surface area contributed by atoms with E-state index in [2.05, 4.69) is 55.4 Å². The molecule has 2 unspecified atom stereocenters. The van der Waals surface area contributed by atoms with Crippen LogP contribution in [0.5, 0.6) is 0 Å². The zero-order valence-electron chi connectivity index (χ0n) is 29.8. The van der Waals surface area contributed by atoms with Crippen molar-refractivity contribution in [3.05, 3.63) is 22.3 Å². The summed E-state index contributed by atoms with van der Waals surface area (Å²) >= 11 is 0. The Balaban J connectivity index is 2.64. The smallest absolute Gasteiger partial charge is 0.00114 e. The van der Waals surface area contributed by atoms with Gasteiger partial charge in [-0.25, -0.2) is 0 Å². The molecule has 0 aromatic carbocycles. The average molecular weight is 569 g/mol. The first-order valence-corrected chi connectivity index (χ1v) is 19.4. The predicted molar refractivity (Wildman–Crippen MR) is 187 cm³/mol. The molecule has 240 valence electrons. The lowest BCUT2D eigenvalue weighted by Crippen LogP contribution is -2.51. The maximum Gasteiger partial charge on any atom is 0.00114 e. The van der Waals surface area contributed by atoms with Crippen LogP contribution in [0.15, 0.2) is 22.3 Å². The van der Waals surface area contributed by atoms with Gasteiger partial charge in [-0.05, 0) is 80.8 Å². The molecule has 0 bridgehead atoms. The van der Waals surface area contributed by atoms with Crippen molar-refractivity contribution in [3.63, 3.8) is 0 Å². The Labute approximate surface area is 260 Å². The van der Waals surface area contributed by atoms with Crippen molar-refractivity contribution < 1.29 is 0 Å². The first-order chi connectivity index (χ1) is 19.9. The molecular formula is C41H76. The summed E-state index contributed by atoms with van der Waals surface area (Å²) in [6.45, 7) is 20.2. The molecule has 0 heterocycles. The van der Waals surface area contributed by atoms with Gasteiger partial charge in [0.05, 0.1) is 0 Å². The Bertz CT molecular complexity index is 759. The third-order valence-corrected chi connectivity index (χ3v) is 11.8. The zero-order chi connectivity index (χ0) is 30.1. The van der Waals surface area contributed by atoms with Gasteiger partial charge in [0.15, 0.2) is 0 Å². The molecule has 41 heavy (non-hydrogen) atoms. The van der Waals surface area contributed by atoms with Crippen LogP contribution < -0.4 is 0 Å². The molecule has 0 radical (unpaired) electrons. The molecule has 0 aliphatic heterocycles. The molecule has 0 aromatic rings. The maximum absolute atomic E-state index is 2.87. The van der Waals surface area contributed by atoms with Crippen molar-refractivity contribution in [1.29, 1.82) is 0 Å². The van der Waals surface area contributed by atoms with E-state index in [4.69, 9.17) is 0 Å². The Kier molecular flexibility index (Phi) is 17.6. The van der Waals surface area contributed by atoms with Gasteiger partial charge in [-0.15, -0.1) is 0 Å². The van der Waals surface area contributed by atoms with Crippen LogP contribution in [0.2, 0.25) is 0 Å². The first-order valence-electron chi connectivity index (χ1n) is 19.4. The van der Waals surface area contributed by atoms with E-state index in [0.717, 1.165) is 5.92 Å². The number of hydrogen-bond acceptors (Lipinski definition) is 0. The summed E-state index contributed by atoms with van der Waals surface area (Å²) in [6, 6.07) is 0. The molecule has 2 atom stereocenters. The zero-order valence-corrected chi connectivity index (χ0v) is 29.8. The van der Waals surface area contributed by atoms with Gasteiger partial charge in [-0.2, -0.15) is 0 Å². The van der Waals surface area contributed by atoms with Crippen molar-refractivity contribution in [2.24, 2.45) is 22.7 Å². The van der Waals surface area contributed by atoms with E-state index >= 15 is 0 Å². The monoisotopic (exact) mass is 569 g/mol. The molecule has 0 aromatic heterocycles. The van der Waals surface area contributed by atoms with E-state index < -0.39 is 0 Å². The highest BCUT2D eigenvalue weighted by Gasteiger charge is 2.57. The summed E-state index contributed by atoms with van der Waals surface area (Å²) in [6.07, 6.45) is 35.2. The van der Waals surface area contributed by atoms with Crippen LogP contribution in [0.1, 0.15) is 216 Å². The van der Waals surface area contributed by atoms with Crippen LogP contribution in [-0.2, 0) is 0 Å². The minimum Gasteiger partial charge on any atom is -0.0654 e. The van der Waals surface area contributed by atoms with Crippen LogP contribution in [0, 0.1) is 22.7 Å². The van der Waals surface area contributed by atoms with Gasteiger partial charge in [0.1, 0.15) is 0 Å². The normalized spacial score (nSPS) is 24.2. The largest absolute Gasteiger partial charge is 0.0654 e. The minimum atomic E-state index is 0.349. The lowest BCUT2D eigenvalue weighted by molar-refractivity contribution is 0.0119. The molecule has 1 saturated carbocycles. The molecule has 1 fully saturated rings. The van der Waals surface area contributed by atoms with Crippen molar-refractivity contribution in [2.45, 2.75) is 216 Å². The second-order valence-electron chi connectivity index (χ2n) is 14.9. The van der Waals surface area contributed by atoms with E-state index in [9.17, 15) is 0 Å². The molecule has 0 spiro atoms. The molecule has 2 aliphatic carbocycles. The standard InChI is InChI=1S/C41H76/c1-9-14-17-19-20-21-22-27-33-41(13-5)38(28-12-4)39(34(6)7)36(31-16-11-3)37(32-26-18-15-10-2)40(41,8)35-29-24-23-25-30-35/h34-35H,9-33H2,1-8H3. The summed E-state index contributed by atoms with van der Waals surface area (Å²) in [4.78, 5) is 0. The minimum absolute atomic E-state index is 0.349. The van der Waals surface area contributed by atoms with E-state index in [1.165, 1.54) is 161 Å². The average Bonchev–Trinajstić information content (AvgIpc) is 2.98. The van der Waals surface area contributed by atoms with Gasteiger partial charge < -0.3 is 0 Å². The molecule has 2 aliphatic rings. The third-order valence-electron chi connectivity index (χ3n) is 11.8. The number of unbranched alkanes of at least 4 members (excludes halogenated alkanes) is 11. The van der Waals surface area contributed by atoms with Gasteiger partial charge in [-0.1, -0.05) is 169 Å². The Hall–Kier alpha value is -0.520. The highest BCUT2D eigenvalue weighted by Crippen LogP contribution is 2.67. The highest BCUT2D eigenvalue weighted by molar-refractivity contribution is 5.52. The SMILES string of the molecule is CCCCCCCCCCC1(CC)C(CCC)=C(C(C)C)C(CCCC)=C(CCCCCC)C1(C)C1CCCCC1. The van der Waals surface area contributed by atoms with E-state index in [-0.39, 0.29) is 0 Å². The number of allylic oxidation sites excluding steroid dienone is 4. The fourth-order valence-corrected chi connectivity index (χ4v) is 9.66. The molecule has 0 N–H and O–H groups in total.